The van der Waals surface area contributed by atoms with Crippen LogP contribution < -0.4 is 0 Å². The first-order chi connectivity index (χ1) is 9.31. The van der Waals surface area contributed by atoms with Crippen molar-refractivity contribution in [2.75, 3.05) is 0 Å². The average Bonchev–Trinajstić information content (AvgIpc) is 2.45. The predicted octanol–water partition coefficient (Wildman–Crippen LogP) is 4.37. The number of hydrogen-bond acceptors (Lipinski definition) is 0. The minimum atomic E-state index is 0.847. The van der Waals surface area contributed by atoms with Crippen molar-refractivity contribution in [2.45, 2.75) is 32.6 Å². The standard InChI is InChI=1S/C17H17.ClH.Zn/c1-13-12-16-7-6-14-2-4-15(5-3-14)8-10-17(13)11-9-16;;/h2-5,11-12H,6-8,10H2,1H3;1H;/q-1;;+2/p-1. The van der Waals surface area contributed by atoms with Crippen molar-refractivity contribution in [3.05, 3.63) is 70.3 Å². The van der Waals surface area contributed by atoms with E-state index in [9.17, 15) is 0 Å². The zero-order valence-electron chi connectivity index (χ0n) is 11.4. The van der Waals surface area contributed by atoms with Gasteiger partial charge in [-0.25, -0.2) is 0 Å². The van der Waals surface area contributed by atoms with Crippen molar-refractivity contribution in [3.63, 3.8) is 0 Å². The van der Waals surface area contributed by atoms with Gasteiger partial charge in [0.2, 0.25) is 0 Å². The molecule has 0 radical (unpaired) electrons. The molecule has 0 fully saturated rings. The van der Waals surface area contributed by atoms with E-state index in [1.165, 1.54) is 27.8 Å². The average molecular weight is 322 g/mol. The van der Waals surface area contributed by atoms with Crippen LogP contribution in [-0.2, 0) is 43.0 Å². The van der Waals surface area contributed by atoms with Gasteiger partial charge in [0.15, 0.2) is 0 Å². The van der Waals surface area contributed by atoms with Crippen molar-refractivity contribution in [3.8, 4) is 0 Å². The third kappa shape index (κ3) is 3.91. The predicted molar refractivity (Wildman–Crippen MR) is 77.1 cm³/mol. The van der Waals surface area contributed by atoms with Crippen LogP contribution in [0, 0.1) is 13.0 Å². The summed E-state index contributed by atoms with van der Waals surface area (Å²) >= 11 is 0.847. The molecule has 0 nitrogen and oxygen atoms in total. The molecule has 0 aromatic heterocycles. The molecule has 0 saturated carbocycles. The van der Waals surface area contributed by atoms with Crippen molar-refractivity contribution in [1.82, 2.24) is 0 Å². The van der Waals surface area contributed by atoms with E-state index in [1.54, 1.807) is 0 Å². The van der Waals surface area contributed by atoms with E-state index < -0.39 is 0 Å². The van der Waals surface area contributed by atoms with Crippen LogP contribution in [0.3, 0.4) is 0 Å². The Balaban J connectivity index is 0.000000637. The van der Waals surface area contributed by atoms with Crippen LogP contribution in [0.25, 0.3) is 0 Å². The number of aryl methyl sites for hydroxylation is 5. The second-order valence-electron chi connectivity index (χ2n) is 4.98. The molecule has 0 amide bonds. The Labute approximate surface area is 129 Å². The van der Waals surface area contributed by atoms with Crippen LogP contribution in [0.5, 0.6) is 0 Å². The van der Waals surface area contributed by atoms with Crippen molar-refractivity contribution >= 4 is 9.69 Å². The van der Waals surface area contributed by atoms with Gasteiger partial charge in [-0.15, -0.1) is 0 Å². The number of benzene rings is 2. The van der Waals surface area contributed by atoms with E-state index in [2.05, 4.69) is 49.4 Å². The summed E-state index contributed by atoms with van der Waals surface area (Å²) in [5.41, 5.74) is 7.09. The number of halogens is 1. The second-order valence-corrected chi connectivity index (χ2v) is 4.98. The quantitative estimate of drug-likeness (QED) is 0.499. The molecule has 0 aliphatic heterocycles. The van der Waals surface area contributed by atoms with Crippen molar-refractivity contribution in [1.29, 1.82) is 0 Å². The molecule has 0 N–H and O–H groups in total. The van der Waals surface area contributed by atoms with Crippen molar-refractivity contribution in [2.24, 2.45) is 0 Å². The summed E-state index contributed by atoms with van der Waals surface area (Å²) in [6, 6.07) is 17.0. The van der Waals surface area contributed by atoms with E-state index in [4.69, 9.17) is 9.69 Å². The van der Waals surface area contributed by atoms with Gasteiger partial charge >= 0.3 is 27.0 Å². The van der Waals surface area contributed by atoms with Crippen molar-refractivity contribution < 1.29 is 17.3 Å². The van der Waals surface area contributed by atoms with Gasteiger partial charge in [0.25, 0.3) is 0 Å². The molecule has 19 heavy (non-hydrogen) atoms. The first-order valence-corrected chi connectivity index (χ1v) is 10.6. The Morgan fingerprint density at radius 3 is 2.11 bits per heavy atom. The van der Waals surface area contributed by atoms with Gasteiger partial charge in [-0.2, -0.15) is 34.9 Å². The molecule has 4 aliphatic rings. The molecule has 94 valence electrons. The Hall–Kier alpha value is -0.647. The molecular formula is C17H17ClZn. The molecule has 4 aliphatic carbocycles. The minimum absolute atomic E-state index is 0.847. The summed E-state index contributed by atoms with van der Waals surface area (Å²) in [6.07, 6.45) is 4.48. The number of hydrogen-bond donors (Lipinski definition) is 0. The van der Waals surface area contributed by atoms with Crippen LogP contribution in [0.4, 0.5) is 0 Å². The first-order valence-electron chi connectivity index (χ1n) is 6.66. The summed E-state index contributed by atoms with van der Waals surface area (Å²) in [5.74, 6) is 0. The molecule has 0 unspecified atom stereocenters. The van der Waals surface area contributed by atoms with Gasteiger partial charge < -0.3 is 0 Å². The van der Waals surface area contributed by atoms with E-state index in [-0.39, 0.29) is 0 Å². The normalized spacial score (nSPS) is 13.3. The summed E-state index contributed by atoms with van der Waals surface area (Å²) in [7, 11) is 4.76. The summed E-state index contributed by atoms with van der Waals surface area (Å²) < 4.78 is 0. The van der Waals surface area contributed by atoms with E-state index in [1.807, 2.05) is 0 Å². The fourth-order valence-electron chi connectivity index (χ4n) is 2.53. The molecule has 0 heterocycles. The third-order valence-corrected chi connectivity index (χ3v) is 3.72. The summed E-state index contributed by atoms with van der Waals surface area (Å²) in [6.45, 7) is 2.22. The molecular weight excluding hydrogens is 305 g/mol. The van der Waals surface area contributed by atoms with Gasteiger partial charge in [-0.3, -0.25) is 0 Å². The fraction of sp³-hybridized carbons (Fsp3) is 0.294. The van der Waals surface area contributed by atoms with E-state index >= 15 is 0 Å². The molecule has 2 heteroatoms. The first kappa shape index (κ1) is 14.8. The number of rotatable bonds is 0. The molecule has 0 spiro atoms. The maximum absolute atomic E-state index is 4.76. The van der Waals surface area contributed by atoms with E-state index in [0.29, 0.717) is 0 Å². The maximum atomic E-state index is 4.76. The molecule has 4 bridgehead atoms. The molecule has 0 saturated heterocycles. The summed E-state index contributed by atoms with van der Waals surface area (Å²) in [5, 5.41) is 0. The Morgan fingerprint density at radius 1 is 0.947 bits per heavy atom. The SMILES string of the molecule is Cc1cc2[c-]cc1CCc1ccc(cc1)CC2.[Cl][Zn+]. The van der Waals surface area contributed by atoms with Crippen LogP contribution in [0.2, 0.25) is 0 Å². The van der Waals surface area contributed by atoms with Crippen LogP contribution >= 0.6 is 9.69 Å². The Morgan fingerprint density at radius 2 is 1.53 bits per heavy atom. The van der Waals surface area contributed by atoms with Gasteiger partial charge in [0.05, 0.1) is 0 Å². The second kappa shape index (κ2) is 7.22. The molecule has 6 rings (SSSR count). The van der Waals surface area contributed by atoms with Gasteiger partial charge in [0, 0.05) is 0 Å². The van der Waals surface area contributed by atoms with Crippen LogP contribution in [0.1, 0.15) is 27.8 Å². The molecule has 2 aromatic rings. The molecule has 2 aromatic carbocycles. The van der Waals surface area contributed by atoms with Gasteiger partial charge in [0.1, 0.15) is 0 Å². The Kier molecular flexibility index (Phi) is 5.61. The van der Waals surface area contributed by atoms with Crippen LogP contribution in [0.15, 0.2) is 36.4 Å². The topological polar surface area (TPSA) is 0 Å². The van der Waals surface area contributed by atoms with Crippen LogP contribution in [-0.4, -0.2) is 0 Å². The zero-order chi connectivity index (χ0) is 13.7. The van der Waals surface area contributed by atoms with Gasteiger partial charge in [-0.05, 0) is 30.4 Å². The third-order valence-electron chi connectivity index (χ3n) is 3.72. The van der Waals surface area contributed by atoms with E-state index in [0.717, 1.165) is 43.0 Å². The van der Waals surface area contributed by atoms with Gasteiger partial charge in [-0.1, -0.05) is 37.6 Å². The fourth-order valence-corrected chi connectivity index (χ4v) is 2.53. The summed E-state index contributed by atoms with van der Waals surface area (Å²) in [4.78, 5) is 0. The molecule has 0 atom stereocenters. The zero-order valence-corrected chi connectivity index (χ0v) is 15.1. The monoisotopic (exact) mass is 320 g/mol. The Bertz CT molecular complexity index is 531.